The molecule has 8 heteroatoms. The monoisotopic (exact) mass is 580 g/mol. The number of rotatable bonds is 16. The second-order valence-electron chi connectivity index (χ2n) is 10.8. The molecule has 0 radical (unpaired) electrons. The third kappa shape index (κ3) is 9.46. The third-order valence-corrected chi connectivity index (χ3v) is 7.87. The molecule has 0 heterocycles. The van der Waals surface area contributed by atoms with E-state index in [0.29, 0.717) is 17.4 Å². The molecule has 1 fully saturated rings. The van der Waals surface area contributed by atoms with Crippen LogP contribution in [-0.2, 0) is 19.1 Å². The van der Waals surface area contributed by atoms with E-state index in [1.807, 2.05) is 13.0 Å². The van der Waals surface area contributed by atoms with Crippen molar-refractivity contribution < 1.29 is 38.7 Å². The highest BCUT2D eigenvalue weighted by atomic mass is 16.7. The van der Waals surface area contributed by atoms with E-state index < -0.39 is 38.7 Å². The van der Waals surface area contributed by atoms with Gasteiger partial charge in [0.15, 0.2) is 0 Å². The lowest BCUT2D eigenvalue weighted by atomic mass is 9.77. The van der Waals surface area contributed by atoms with Crippen molar-refractivity contribution in [3.63, 3.8) is 0 Å². The lowest BCUT2D eigenvalue weighted by Crippen LogP contribution is -2.15. The Morgan fingerprint density at radius 3 is 2.02 bits per heavy atom. The first-order chi connectivity index (χ1) is 20.3. The number of hydrogen-bond donors (Lipinski definition) is 2. The minimum absolute atomic E-state index is 0.0792. The Bertz CT molecular complexity index is 1210. The molecule has 0 bridgehead atoms. The molecule has 0 unspecified atom stereocenters. The molecule has 0 aromatic heterocycles. The van der Waals surface area contributed by atoms with Crippen LogP contribution in [0.3, 0.4) is 0 Å². The molecule has 0 amide bonds. The van der Waals surface area contributed by atoms with Crippen LogP contribution >= 0.6 is 0 Å². The van der Waals surface area contributed by atoms with Gasteiger partial charge in [0, 0.05) is 6.07 Å². The molecule has 0 saturated heterocycles. The number of carbonyl (C=O) groups excluding carboxylic acids is 2. The van der Waals surface area contributed by atoms with Crippen molar-refractivity contribution in [3.05, 3.63) is 71.8 Å². The number of unbranched alkanes of at least 4 members (excludes halogenated alkanes) is 2. The smallest absolute Gasteiger partial charge is 0.338 e. The molecule has 1 aliphatic carbocycles. The van der Waals surface area contributed by atoms with Crippen molar-refractivity contribution in [2.75, 3.05) is 26.8 Å². The van der Waals surface area contributed by atoms with E-state index in [0.717, 1.165) is 22.6 Å². The van der Waals surface area contributed by atoms with Gasteiger partial charge in [0.05, 0.1) is 24.4 Å². The minimum Gasteiger partial charge on any atom is -0.457 e. The average molecular weight is 581 g/mol. The van der Waals surface area contributed by atoms with Crippen LogP contribution in [0.15, 0.2) is 60.7 Å². The Morgan fingerprint density at radius 1 is 0.857 bits per heavy atom. The molecular formula is C34H44O8. The molecule has 3 rings (SSSR count). The molecule has 0 atom stereocenters. The number of carbonyl (C=O) groups is 2. The van der Waals surface area contributed by atoms with E-state index in [1.165, 1.54) is 56.9 Å². The fourth-order valence-electron chi connectivity index (χ4n) is 5.23. The van der Waals surface area contributed by atoms with Crippen LogP contribution in [0.1, 0.15) is 75.3 Å². The zero-order valence-electron chi connectivity index (χ0n) is 24.9. The first kappa shape index (κ1) is 32.9. The molecule has 2 N–H and O–H groups in total. The number of aliphatic hydroxyl groups excluding tert-OH is 2. The second kappa shape index (κ2) is 16.7. The van der Waals surface area contributed by atoms with E-state index in [-0.39, 0.29) is 11.1 Å². The summed E-state index contributed by atoms with van der Waals surface area (Å²) in [7, 11) is 0. The zero-order valence-corrected chi connectivity index (χ0v) is 24.9. The van der Waals surface area contributed by atoms with Crippen molar-refractivity contribution in [3.8, 4) is 22.6 Å². The summed E-state index contributed by atoms with van der Waals surface area (Å²) in [6, 6.07) is 12.0. The third-order valence-electron chi connectivity index (χ3n) is 7.87. The minimum atomic E-state index is -0.761. The number of hydrogen-bond acceptors (Lipinski definition) is 8. The first-order valence-corrected chi connectivity index (χ1v) is 14.7. The predicted molar refractivity (Wildman–Crippen MR) is 161 cm³/mol. The molecule has 1 saturated carbocycles. The Balaban J connectivity index is 1.74. The Labute approximate surface area is 248 Å². The summed E-state index contributed by atoms with van der Waals surface area (Å²) in [5.41, 5.74) is 3.78. The molecule has 2 aromatic carbocycles. The van der Waals surface area contributed by atoms with Gasteiger partial charge in [-0.1, -0.05) is 70.0 Å². The maximum absolute atomic E-state index is 11.9. The van der Waals surface area contributed by atoms with Gasteiger partial charge < -0.3 is 29.2 Å². The van der Waals surface area contributed by atoms with Gasteiger partial charge in [0.1, 0.15) is 11.5 Å². The fraction of sp³-hybridized carbons (Fsp3) is 0.471. The van der Waals surface area contributed by atoms with Crippen molar-refractivity contribution >= 4 is 11.9 Å². The Morgan fingerprint density at radius 2 is 1.45 bits per heavy atom. The van der Waals surface area contributed by atoms with Gasteiger partial charge in [0.2, 0.25) is 13.6 Å². The predicted octanol–water partition coefficient (Wildman–Crippen LogP) is 6.37. The molecule has 1 aliphatic rings. The average Bonchev–Trinajstić information content (AvgIpc) is 3.01. The summed E-state index contributed by atoms with van der Waals surface area (Å²) < 4.78 is 21.5. The molecule has 8 nitrogen and oxygen atoms in total. The SMILES string of the molecule is C=C(CO)C(=O)OCOc1cc(OCOC(=O)C(=C)CO)c(C)c(-c2ccc(C3CCC(CCCCC)CC3)cc2)c1. The number of ether oxygens (including phenoxy) is 4. The van der Waals surface area contributed by atoms with Gasteiger partial charge in [-0.15, -0.1) is 0 Å². The zero-order chi connectivity index (χ0) is 30.5. The summed E-state index contributed by atoms with van der Waals surface area (Å²) in [5, 5.41) is 18.1. The van der Waals surface area contributed by atoms with E-state index in [4.69, 9.17) is 29.2 Å². The largest absolute Gasteiger partial charge is 0.457 e. The lowest BCUT2D eigenvalue weighted by molar-refractivity contribution is -0.146. The molecule has 2 aromatic rings. The van der Waals surface area contributed by atoms with Crippen molar-refractivity contribution in [1.82, 2.24) is 0 Å². The fourth-order valence-corrected chi connectivity index (χ4v) is 5.23. The molecule has 228 valence electrons. The highest BCUT2D eigenvalue weighted by Gasteiger charge is 2.22. The van der Waals surface area contributed by atoms with Crippen LogP contribution in [0.5, 0.6) is 11.5 Å². The van der Waals surface area contributed by atoms with Crippen LogP contribution < -0.4 is 9.47 Å². The summed E-state index contributed by atoms with van der Waals surface area (Å²) in [5.74, 6) is 0.680. The maximum atomic E-state index is 11.9. The topological polar surface area (TPSA) is 112 Å². The normalized spacial score (nSPS) is 16.4. The maximum Gasteiger partial charge on any atom is 0.338 e. The van der Waals surface area contributed by atoms with Gasteiger partial charge >= 0.3 is 11.9 Å². The first-order valence-electron chi connectivity index (χ1n) is 14.7. The summed E-state index contributed by atoms with van der Waals surface area (Å²) in [6.45, 7) is 9.22. The van der Waals surface area contributed by atoms with Gasteiger partial charge in [-0.2, -0.15) is 0 Å². The second-order valence-corrected chi connectivity index (χ2v) is 10.8. The number of aliphatic hydroxyl groups is 2. The van der Waals surface area contributed by atoms with Gasteiger partial charge in [-0.05, 0) is 72.8 Å². The number of benzene rings is 2. The van der Waals surface area contributed by atoms with Crippen LogP contribution in [0.25, 0.3) is 11.1 Å². The van der Waals surface area contributed by atoms with Crippen LogP contribution in [0.4, 0.5) is 0 Å². The summed E-state index contributed by atoms with van der Waals surface area (Å²) in [4.78, 5) is 23.7. The molecule has 0 spiro atoms. The lowest BCUT2D eigenvalue weighted by Gasteiger charge is -2.29. The van der Waals surface area contributed by atoms with Crippen LogP contribution in [0, 0.1) is 12.8 Å². The van der Waals surface area contributed by atoms with E-state index in [1.54, 1.807) is 6.07 Å². The van der Waals surface area contributed by atoms with E-state index >= 15 is 0 Å². The van der Waals surface area contributed by atoms with Crippen LogP contribution in [-0.4, -0.2) is 49.0 Å². The summed E-state index contributed by atoms with van der Waals surface area (Å²) >= 11 is 0. The Hall–Kier alpha value is -3.62. The standard InChI is InChI=1S/C34H44O8/c1-5-6-7-8-26-9-11-27(12-10-26)28-13-15-29(16-14-28)31-17-30(39-21-41-33(37)23(2)19-35)18-32(25(31)4)40-22-42-34(38)24(3)20-36/h13-18,26-27,35-36H,2-3,5-12,19-22H2,1,4H3. The van der Waals surface area contributed by atoms with E-state index in [9.17, 15) is 9.59 Å². The molecule has 0 aliphatic heterocycles. The van der Waals surface area contributed by atoms with E-state index in [2.05, 4.69) is 44.3 Å². The van der Waals surface area contributed by atoms with Gasteiger partial charge in [-0.25, -0.2) is 9.59 Å². The van der Waals surface area contributed by atoms with Gasteiger partial charge in [0.25, 0.3) is 0 Å². The molecular weight excluding hydrogens is 536 g/mol. The van der Waals surface area contributed by atoms with Gasteiger partial charge in [-0.3, -0.25) is 0 Å². The van der Waals surface area contributed by atoms with Crippen molar-refractivity contribution in [2.45, 2.75) is 71.1 Å². The van der Waals surface area contributed by atoms with Crippen molar-refractivity contribution in [1.29, 1.82) is 0 Å². The summed E-state index contributed by atoms with van der Waals surface area (Å²) in [6.07, 6.45) is 10.3. The quantitative estimate of drug-likeness (QED) is 0.102. The van der Waals surface area contributed by atoms with Crippen LogP contribution in [0.2, 0.25) is 0 Å². The highest BCUT2D eigenvalue weighted by molar-refractivity contribution is 5.88. The highest BCUT2D eigenvalue weighted by Crippen LogP contribution is 2.40. The molecule has 42 heavy (non-hydrogen) atoms. The number of esters is 2. The Kier molecular flexibility index (Phi) is 13.1. The van der Waals surface area contributed by atoms with Crippen molar-refractivity contribution in [2.24, 2.45) is 5.92 Å².